The number of alkyl halides is 3. The summed E-state index contributed by atoms with van der Waals surface area (Å²) in [6.45, 7) is 32.1. The van der Waals surface area contributed by atoms with E-state index in [1.165, 1.54) is 128 Å². The summed E-state index contributed by atoms with van der Waals surface area (Å²) in [6.07, 6.45) is 10.2. The Hall–Kier alpha value is -8.33. The normalized spacial score (nSPS) is 17.3. The lowest BCUT2D eigenvalue weighted by atomic mass is 9.82. The molecule has 0 radical (unpaired) electrons. The molecular formula is C87H103BrF3N12O2+. The average Bonchev–Trinajstić information content (AvgIpc) is 1.60. The van der Waals surface area contributed by atoms with Crippen molar-refractivity contribution in [2.75, 3.05) is 54.4 Å². The van der Waals surface area contributed by atoms with Crippen LogP contribution in [0.1, 0.15) is 133 Å². The number of hydrogen-bond donors (Lipinski definition) is 2. The number of hydrogen-bond acceptors (Lipinski definition) is 9. The molecule has 0 spiro atoms. The van der Waals surface area contributed by atoms with E-state index >= 15 is 0 Å². The van der Waals surface area contributed by atoms with Crippen molar-refractivity contribution >= 4 is 59.5 Å². The van der Waals surface area contributed by atoms with Gasteiger partial charge in [-0.05, 0) is 234 Å². The highest BCUT2D eigenvalue weighted by Gasteiger charge is 2.38. The second kappa shape index (κ2) is 30.1. The molecule has 4 aliphatic heterocycles. The van der Waals surface area contributed by atoms with E-state index in [2.05, 4.69) is 223 Å². The quantitative estimate of drug-likeness (QED) is 0.115. The minimum atomic E-state index is -4.40. The van der Waals surface area contributed by atoms with Gasteiger partial charge in [-0.1, -0.05) is 67.4 Å². The molecule has 4 aliphatic rings. The fourth-order valence-corrected chi connectivity index (χ4v) is 17.8. The van der Waals surface area contributed by atoms with Crippen molar-refractivity contribution in [1.82, 2.24) is 52.9 Å². The summed E-state index contributed by atoms with van der Waals surface area (Å²) in [5, 5.41) is 27.1. The van der Waals surface area contributed by atoms with E-state index in [9.17, 15) is 23.5 Å². The first-order valence-corrected chi connectivity index (χ1v) is 37.9. The van der Waals surface area contributed by atoms with Gasteiger partial charge in [0.05, 0.1) is 24.6 Å². The van der Waals surface area contributed by atoms with Crippen molar-refractivity contribution in [1.29, 1.82) is 0 Å². The van der Waals surface area contributed by atoms with Crippen LogP contribution >= 0.6 is 15.9 Å². The Morgan fingerprint density at radius 3 is 1.64 bits per heavy atom. The smallest absolute Gasteiger partial charge is 0.384 e. The summed E-state index contributed by atoms with van der Waals surface area (Å²) in [5.41, 5.74) is 27.5. The van der Waals surface area contributed by atoms with Gasteiger partial charge in [0.25, 0.3) is 0 Å². The number of aromatic nitrogens is 8. The van der Waals surface area contributed by atoms with Crippen LogP contribution in [0.15, 0.2) is 145 Å². The molecule has 4 aromatic carbocycles. The number of rotatable bonds is 12. The zero-order chi connectivity index (χ0) is 74.6. The van der Waals surface area contributed by atoms with Gasteiger partial charge in [0.2, 0.25) is 0 Å². The van der Waals surface area contributed by atoms with Gasteiger partial charge in [-0.3, -0.25) is 19.9 Å². The zero-order valence-corrected chi connectivity index (χ0v) is 65.4. The Kier molecular flexibility index (Phi) is 21.5. The van der Waals surface area contributed by atoms with Crippen LogP contribution in [0.2, 0.25) is 0 Å². The fraction of sp³-hybridized carbons (Fsp3) is 0.402. The number of benzene rings is 4. The molecule has 550 valence electrons. The number of aryl methyl sites for hydroxylation is 13. The molecule has 0 bridgehead atoms. The number of nitrogens with zero attached hydrogens (tertiary/aromatic N) is 12. The van der Waals surface area contributed by atoms with Crippen LogP contribution in [0, 0.1) is 48.5 Å². The summed E-state index contributed by atoms with van der Waals surface area (Å²) < 4.78 is 49.3. The van der Waals surface area contributed by atoms with Crippen LogP contribution in [0.25, 0.3) is 43.6 Å². The van der Waals surface area contributed by atoms with Gasteiger partial charge in [0.15, 0.2) is 0 Å². The van der Waals surface area contributed by atoms with Gasteiger partial charge in [0, 0.05) is 191 Å². The van der Waals surface area contributed by atoms with Gasteiger partial charge in [-0.15, -0.1) is 0 Å². The fourth-order valence-electron chi connectivity index (χ4n) is 17.0. The first-order valence-electron chi connectivity index (χ1n) is 37.1. The van der Waals surface area contributed by atoms with Crippen molar-refractivity contribution < 1.29 is 28.1 Å². The number of fused-ring (bicyclic) bond motifs is 12. The molecule has 16 rings (SSSR count). The Balaban J connectivity index is 0.000000124. The van der Waals surface area contributed by atoms with Gasteiger partial charge in [-0.25, -0.2) is 5.21 Å². The minimum absolute atomic E-state index is 0.00630. The number of aliphatic hydroxyl groups is 1. The van der Waals surface area contributed by atoms with E-state index in [-0.39, 0.29) is 10.1 Å². The largest absolute Gasteiger partial charge is 0.433 e. The first-order chi connectivity index (χ1) is 49.9. The molecule has 18 heteroatoms. The topological polar surface area (TPSA) is 121 Å². The lowest BCUT2D eigenvalue weighted by Gasteiger charge is -2.37. The van der Waals surface area contributed by atoms with Crippen molar-refractivity contribution in [2.24, 2.45) is 0 Å². The predicted molar refractivity (Wildman–Crippen MR) is 421 cm³/mol. The highest BCUT2D eigenvalue weighted by Crippen LogP contribution is 2.42. The minimum Gasteiger partial charge on any atom is -0.384 e. The maximum Gasteiger partial charge on any atom is 0.433 e. The number of hydroxylamine groups is 3. The van der Waals surface area contributed by atoms with Gasteiger partial charge in [0.1, 0.15) is 24.4 Å². The molecule has 0 amide bonds. The standard InChI is InChI=1S/C23H26F3N3.C22H27N3.C21H24BrN3.C21H26N3O2/c1-15-5-7-19-17(11-15)18-13-28(4)14-22(2,3)21(18)29(19)10-9-16-6-8-20(27-12-16)23(24,25)26;1-15-5-6-16(2)22-21(15)19-14-24(4)11-10-20(19)25(22)12-9-18-8-7-17(3)23-13-18;1-14-10-17-18-13-24(3)8-7-20(18)25(21(17)19(22)11-14)9-6-16-5-4-15(2)23-12-16;1-15-4-5-19-17(12-15)18-13-24(3,26)11-8-20(18)23(19)14-21(2,25)16-6-9-22-10-7-16/h5-8,11-12H,9-10,13-14H2,1-4H3;5-8,13H,9-12,14H2,1-4H3;4-5,10-12H,6-9,13H2,1-3H3;4-7,9-10,12,25-26H,8,11,13-14H2,1-3H3/q;;;+1. The van der Waals surface area contributed by atoms with Crippen LogP contribution in [0.3, 0.4) is 0 Å². The third kappa shape index (κ3) is 16.1. The van der Waals surface area contributed by atoms with Crippen LogP contribution in [-0.4, -0.2) is 122 Å². The molecule has 8 aromatic heterocycles. The summed E-state index contributed by atoms with van der Waals surface area (Å²) in [4.78, 5) is 23.8. The monoisotopic (exact) mass is 1480 g/mol. The van der Waals surface area contributed by atoms with Crippen molar-refractivity contribution in [3.05, 3.63) is 257 Å². The van der Waals surface area contributed by atoms with Gasteiger partial charge in [-0.2, -0.15) is 17.8 Å². The lowest BCUT2D eigenvalue weighted by molar-refractivity contribution is -1.10. The van der Waals surface area contributed by atoms with Crippen LogP contribution < -0.4 is 0 Å². The summed E-state index contributed by atoms with van der Waals surface area (Å²) in [7, 11) is 8.46. The lowest BCUT2D eigenvalue weighted by Crippen LogP contribution is -2.44. The molecular weight excluding hydrogens is 1380 g/mol. The average molecular weight is 1490 g/mol. The molecule has 0 saturated carbocycles. The molecule has 0 fully saturated rings. The molecule has 2 N–H and O–H groups in total. The molecule has 12 aromatic rings. The summed E-state index contributed by atoms with van der Waals surface area (Å²) in [6, 6.07) is 37.1. The highest BCUT2D eigenvalue weighted by atomic mass is 79.9. The zero-order valence-electron chi connectivity index (χ0n) is 63.8. The summed E-state index contributed by atoms with van der Waals surface area (Å²) >= 11 is 3.83. The number of pyridine rings is 4. The summed E-state index contributed by atoms with van der Waals surface area (Å²) in [5.74, 6) is 0. The van der Waals surface area contributed by atoms with E-state index in [0.717, 1.165) is 125 Å². The van der Waals surface area contributed by atoms with Crippen LogP contribution in [-0.2, 0) is 108 Å². The van der Waals surface area contributed by atoms with E-state index in [0.29, 0.717) is 26.1 Å². The number of likely N-dealkylation sites (N-methyl/N-ethyl adjacent to an activating group) is 4. The maximum absolute atomic E-state index is 12.8. The second-order valence-electron chi connectivity index (χ2n) is 31.7. The van der Waals surface area contributed by atoms with Crippen molar-refractivity contribution in [3.63, 3.8) is 0 Å². The SMILES string of the molecule is Cc1cc(Br)c2c(c1)c1c(n2CCc2ccc(C)nc2)CCN(C)C1.Cc1ccc(CCn2c3c(c4c(C)ccc(C)c42)CN(C)CC3)cn1.Cc1ccc2c(c1)c1c(n2CC(C)(O)c2ccncc2)CC[N+](C)(O)C1.Cc1ccc2c(c1)c1c(n2CCc2ccc(C(F)(F)F)nc2)C(C)(C)CN(C)C1. The third-order valence-electron chi connectivity index (χ3n) is 22.2. The van der Waals surface area contributed by atoms with Crippen molar-refractivity contribution in [2.45, 2.75) is 177 Å². The predicted octanol–water partition coefficient (Wildman–Crippen LogP) is 17.3. The Bertz CT molecular complexity index is 5140. The van der Waals surface area contributed by atoms with E-state index < -0.39 is 17.5 Å². The first kappa shape index (κ1) is 74.9. The molecule has 105 heavy (non-hydrogen) atoms. The second-order valence-corrected chi connectivity index (χ2v) is 32.5. The van der Waals surface area contributed by atoms with E-state index in [1.807, 2.05) is 52.3 Å². The Morgan fingerprint density at radius 2 is 1.06 bits per heavy atom. The highest BCUT2D eigenvalue weighted by molar-refractivity contribution is 9.10. The molecule has 0 saturated heterocycles. The molecule has 2 atom stereocenters. The van der Waals surface area contributed by atoms with E-state index in [4.69, 9.17) is 0 Å². The number of halogens is 4. The van der Waals surface area contributed by atoms with Crippen LogP contribution in [0.4, 0.5) is 13.2 Å². The maximum atomic E-state index is 12.8. The molecule has 12 heterocycles. The Morgan fingerprint density at radius 1 is 0.543 bits per heavy atom. The van der Waals surface area contributed by atoms with Crippen LogP contribution in [0.5, 0.6) is 0 Å². The van der Waals surface area contributed by atoms with Crippen molar-refractivity contribution in [3.8, 4) is 0 Å². The molecule has 14 nitrogen and oxygen atoms in total. The van der Waals surface area contributed by atoms with Gasteiger partial charge < -0.3 is 38.1 Å². The Labute approximate surface area is 625 Å². The number of quaternary nitrogens is 1. The van der Waals surface area contributed by atoms with Gasteiger partial charge >= 0.3 is 6.18 Å². The molecule has 0 aliphatic carbocycles. The molecule has 2 unspecified atom stereocenters. The van der Waals surface area contributed by atoms with E-state index in [1.54, 1.807) is 23.7 Å². The third-order valence-corrected chi connectivity index (χ3v) is 22.8.